The van der Waals surface area contributed by atoms with E-state index in [1.807, 2.05) is 12.1 Å². The van der Waals surface area contributed by atoms with Gasteiger partial charge in [-0.15, -0.1) is 0 Å². The molecule has 0 N–H and O–H groups in total. The second-order valence-electron chi connectivity index (χ2n) is 5.83. The van der Waals surface area contributed by atoms with Crippen LogP contribution in [0.3, 0.4) is 0 Å². The Balaban J connectivity index is 1.63. The summed E-state index contributed by atoms with van der Waals surface area (Å²) in [7, 11) is 0. The molecule has 1 fully saturated rings. The smallest absolute Gasteiger partial charge is 0.220 e. The highest BCUT2D eigenvalue weighted by molar-refractivity contribution is 5.51. The summed E-state index contributed by atoms with van der Waals surface area (Å²) >= 11 is 0. The standard InChI is InChI=1S/C18H21N2O2/c1-13-5-3-7-17(14(13)2)22-15-8-11-20(12-9-15)18-16(21)6-4-10-19-18/h3-7,10,15H,8-9,11-12H2,1-2H3. The highest BCUT2D eigenvalue weighted by Gasteiger charge is 2.23. The molecule has 2 heterocycles. The average Bonchev–Trinajstić information content (AvgIpc) is 2.53. The molecule has 1 aliphatic rings. The molecule has 2 aromatic rings. The van der Waals surface area contributed by atoms with Crippen molar-refractivity contribution < 1.29 is 9.84 Å². The summed E-state index contributed by atoms with van der Waals surface area (Å²) in [5.74, 6) is 1.53. The van der Waals surface area contributed by atoms with Gasteiger partial charge in [0.05, 0.1) is 0 Å². The first-order valence-corrected chi connectivity index (χ1v) is 7.75. The van der Waals surface area contributed by atoms with Gasteiger partial charge in [0.2, 0.25) is 5.75 Å². The Labute approximate surface area is 131 Å². The summed E-state index contributed by atoms with van der Waals surface area (Å²) in [5, 5.41) is 11.8. The van der Waals surface area contributed by atoms with Gasteiger partial charge in [0.15, 0.2) is 5.82 Å². The molecule has 1 radical (unpaired) electrons. The maximum absolute atomic E-state index is 11.8. The Morgan fingerprint density at radius 1 is 1.14 bits per heavy atom. The number of nitrogens with zero attached hydrogens (tertiary/aromatic N) is 2. The lowest BCUT2D eigenvalue weighted by Gasteiger charge is -2.33. The summed E-state index contributed by atoms with van der Waals surface area (Å²) in [6.45, 7) is 5.81. The van der Waals surface area contributed by atoms with E-state index in [1.165, 1.54) is 11.1 Å². The second kappa shape index (κ2) is 6.26. The van der Waals surface area contributed by atoms with Crippen LogP contribution in [0.25, 0.3) is 0 Å². The van der Waals surface area contributed by atoms with Gasteiger partial charge in [-0.1, -0.05) is 12.1 Å². The number of piperidine rings is 1. The average molecular weight is 297 g/mol. The molecule has 0 amide bonds. The highest BCUT2D eigenvalue weighted by Crippen LogP contribution is 2.29. The number of rotatable bonds is 3. The van der Waals surface area contributed by atoms with Crippen LogP contribution < -0.4 is 9.64 Å². The molecule has 1 saturated heterocycles. The molecule has 1 aliphatic heterocycles. The minimum atomic E-state index is -0.00334. The van der Waals surface area contributed by atoms with Crippen LogP contribution in [0, 0.1) is 13.8 Å². The number of hydrogen-bond donors (Lipinski definition) is 0. The number of pyridine rings is 1. The van der Waals surface area contributed by atoms with Crippen LogP contribution in [0.5, 0.6) is 11.5 Å². The van der Waals surface area contributed by atoms with Gasteiger partial charge in [-0.05, 0) is 43.2 Å². The fraction of sp³-hybridized carbons (Fsp3) is 0.389. The Bertz CT molecular complexity index is 649. The molecule has 4 nitrogen and oxygen atoms in total. The third kappa shape index (κ3) is 3.01. The lowest BCUT2D eigenvalue weighted by atomic mass is 10.1. The maximum atomic E-state index is 11.8. The van der Waals surface area contributed by atoms with Crippen molar-refractivity contribution >= 4 is 5.82 Å². The predicted octanol–water partition coefficient (Wildman–Crippen LogP) is 3.89. The first kappa shape index (κ1) is 14.7. The number of aryl methyl sites for hydroxylation is 1. The van der Waals surface area contributed by atoms with Crippen molar-refractivity contribution in [3.05, 3.63) is 47.7 Å². The van der Waals surface area contributed by atoms with Crippen LogP contribution in [0.15, 0.2) is 36.5 Å². The van der Waals surface area contributed by atoms with Gasteiger partial charge in [0.25, 0.3) is 0 Å². The van der Waals surface area contributed by atoms with E-state index in [1.54, 1.807) is 18.3 Å². The zero-order valence-electron chi connectivity index (χ0n) is 13.1. The van der Waals surface area contributed by atoms with Crippen molar-refractivity contribution in [1.82, 2.24) is 4.98 Å². The van der Waals surface area contributed by atoms with E-state index in [0.717, 1.165) is 31.7 Å². The van der Waals surface area contributed by atoms with E-state index in [2.05, 4.69) is 29.8 Å². The van der Waals surface area contributed by atoms with Crippen molar-refractivity contribution in [2.45, 2.75) is 32.8 Å². The second-order valence-corrected chi connectivity index (χ2v) is 5.83. The molecule has 0 saturated carbocycles. The fourth-order valence-electron chi connectivity index (χ4n) is 2.84. The Hall–Kier alpha value is -2.23. The molecule has 0 spiro atoms. The summed E-state index contributed by atoms with van der Waals surface area (Å²) in [6.07, 6.45) is 3.69. The van der Waals surface area contributed by atoms with Crippen molar-refractivity contribution in [3.8, 4) is 11.5 Å². The molecule has 0 unspecified atom stereocenters. The summed E-state index contributed by atoms with van der Waals surface area (Å²) in [6, 6.07) is 9.42. The molecule has 0 atom stereocenters. The van der Waals surface area contributed by atoms with Gasteiger partial charge in [-0.25, -0.2) is 4.98 Å². The van der Waals surface area contributed by atoms with E-state index >= 15 is 0 Å². The number of anilines is 1. The van der Waals surface area contributed by atoms with E-state index < -0.39 is 0 Å². The summed E-state index contributed by atoms with van der Waals surface area (Å²) in [5.41, 5.74) is 2.45. The Morgan fingerprint density at radius 2 is 1.91 bits per heavy atom. The first-order valence-electron chi connectivity index (χ1n) is 7.75. The Kier molecular flexibility index (Phi) is 4.18. The van der Waals surface area contributed by atoms with E-state index in [-0.39, 0.29) is 11.9 Å². The number of hydrogen-bond acceptors (Lipinski definition) is 3. The van der Waals surface area contributed by atoms with E-state index in [4.69, 9.17) is 4.74 Å². The van der Waals surface area contributed by atoms with Crippen molar-refractivity contribution in [1.29, 1.82) is 0 Å². The van der Waals surface area contributed by atoms with Gasteiger partial charge in [-0.3, -0.25) is 5.11 Å². The minimum absolute atomic E-state index is 0.00334. The number of benzene rings is 1. The first-order chi connectivity index (χ1) is 10.6. The monoisotopic (exact) mass is 297 g/mol. The topological polar surface area (TPSA) is 45.3 Å². The SMILES string of the molecule is Cc1cccc(OC2CCN(c3ncccc3[O])CC2)c1C. The van der Waals surface area contributed by atoms with Crippen LogP contribution in [0.2, 0.25) is 0 Å². The molecule has 115 valence electrons. The zero-order valence-corrected chi connectivity index (χ0v) is 13.1. The highest BCUT2D eigenvalue weighted by atomic mass is 16.5. The van der Waals surface area contributed by atoms with Crippen LogP contribution in [0.4, 0.5) is 5.82 Å². The van der Waals surface area contributed by atoms with Crippen LogP contribution in [0.1, 0.15) is 24.0 Å². The molecule has 4 heteroatoms. The van der Waals surface area contributed by atoms with Gasteiger partial charge < -0.3 is 9.64 Å². The van der Waals surface area contributed by atoms with Gasteiger partial charge in [-0.2, -0.15) is 0 Å². The van der Waals surface area contributed by atoms with Crippen LogP contribution in [-0.4, -0.2) is 24.2 Å². The van der Waals surface area contributed by atoms with Crippen molar-refractivity contribution in [3.63, 3.8) is 0 Å². The normalized spacial score (nSPS) is 15.8. The molecule has 0 bridgehead atoms. The number of aromatic nitrogens is 1. The molecular formula is C18H21N2O2. The van der Waals surface area contributed by atoms with Crippen LogP contribution >= 0.6 is 0 Å². The summed E-state index contributed by atoms with van der Waals surface area (Å²) < 4.78 is 6.16. The lowest BCUT2D eigenvalue weighted by molar-refractivity contribution is 0.169. The fourth-order valence-corrected chi connectivity index (χ4v) is 2.84. The number of ether oxygens (including phenoxy) is 1. The quantitative estimate of drug-likeness (QED) is 0.863. The van der Waals surface area contributed by atoms with E-state index in [0.29, 0.717) is 5.82 Å². The van der Waals surface area contributed by atoms with E-state index in [9.17, 15) is 5.11 Å². The third-order valence-electron chi connectivity index (χ3n) is 4.34. The predicted molar refractivity (Wildman–Crippen MR) is 86.1 cm³/mol. The molecule has 1 aromatic carbocycles. The van der Waals surface area contributed by atoms with Gasteiger partial charge in [0.1, 0.15) is 11.9 Å². The summed E-state index contributed by atoms with van der Waals surface area (Å²) in [4.78, 5) is 6.27. The van der Waals surface area contributed by atoms with Gasteiger partial charge in [0, 0.05) is 32.1 Å². The minimum Gasteiger partial charge on any atom is -0.490 e. The van der Waals surface area contributed by atoms with Crippen molar-refractivity contribution in [2.24, 2.45) is 0 Å². The Morgan fingerprint density at radius 3 is 2.64 bits per heavy atom. The molecule has 0 aliphatic carbocycles. The molecule has 1 aromatic heterocycles. The largest absolute Gasteiger partial charge is 0.490 e. The zero-order chi connectivity index (χ0) is 15.5. The van der Waals surface area contributed by atoms with Gasteiger partial charge >= 0.3 is 0 Å². The molecule has 3 rings (SSSR count). The lowest BCUT2D eigenvalue weighted by Crippen LogP contribution is -2.38. The maximum Gasteiger partial charge on any atom is 0.220 e. The van der Waals surface area contributed by atoms with Crippen LogP contribution in [-0.2, 0) is 5.11 Å². The third-order valence-corrected chi connectivity index (χ3v) is 4.34. The molecule has 22 heavy (non-hydrogen) atoms. The molecular weight excluding hydrogens is 276 g/mol. The van der Waals surface area contributed by atoms with Crippen molar-refractivity contribution in [2.75, 3.05) is 18.0 Å².